The van der Waals surface area contributed by atoms with E-state index in [1.165, 1.54) is 0 Å². The maximum absolute atomic E-state index is 6.01. The van der Waals surface area contributed by atoms with Crippen molar-refractivity contribution in [2.24, 2.45) is 7.05 Å². The number of hydrogen-bond acceptors (Lipinski definition) is 4. The monoisotopic (exact) mass is 242 g/mol. The second-order valence-electron chi connectivity index (χ2n) is 4.38. The molecular weight excluding hydrogens is 228 g/mol. The molecule has 0 radical (unpaired) electrons. The average Bonchev–Trinajstić information content (AvgIpc) is 2.79. The number of fused-ring (bicyclic) bond motifs is 1. The molecule has 3 aromatic heterocycles. The van der Waals surface area contributed by atoms with Crippen LogP contribution in [-0.4, -0.2) is 24.3 Å². The van der Waals surface area contributed by atoms with E-state index in [4.69, 9.17) is 5.73 Å². The number of nitrogens with two attached hydrogens (primary N) is 1. The maximum Gasteiger partial charge on any atom is 0.207 e. The molecule has 92 valence electrons. The molecule has 3 rings (SSSR count). The quantitative estimate of drug-likeness (QED) is 0.699. The van der Waals surface area contributed by atoms with E-state index >= 15 is 0 Å². The van der Waals surface area contributed by atoms with Gasteiger partial charge in [0.1, 0.15) is 5.52 Å². The number of hydrogen-bond donors (Lipinski definition) is 1. The topological polar surface area (TPSA) is 74.5 Å². The van der Waals surface area contributed by atoms with Crippen molar-refractivity contribution in [3.05, 3.63) is 29.7 Å². The van der Waals surface area contributed by atoms with Crippen molar-refractivity contribution in [1.82, 2.24) is 24.3 Å². The van der Waals surface area contributed by atoms with Crippen LogP contribution in [0.5, 0.6) is 0 Å². The summed E-state index contributed by atoms with van der Waals surface area (Å²) < 4.78 is 3.59. The number of nitrogen functional groups attached to an aromatic ring is 1. The third kappa shape index (κ3) is 1.38. The summed E-state index contributed by atoms with van der Waals surface area (Å²) in [5.74, 6) is 0.433. The SMILES string of the molecule is Cc1nn(C)cc1-n1c(N)nc2c(C)ccnc21. The minimum absolute atomic E-state index is 0.433. The molecule has 0 aliphatic heterocycles. The molecule has 0 aliphatic rings. The molecule has 0 bridgehead atoms. The van der Waals surface area contributed by atoms with Gasteiger partial charge in [-0.2, -0.15) is 5.10 Å². The van der Waals surface area contributed by atoms with E-state index in [0.717, 1.165) is 28.1 Å². The molecule has 6 heteroatoms. The molecule has 0 atom stereocenters. The first-order chi connectivity index (χ1) is 8.58. The third-order valence-corrected chi connectivity index (χ3v) is 3.00. The van der Waals surface area contributed by atoms with Crippen LogP contribution >= 0.6 is 0 Å². The van der Waals surface area contributed by atoms with Gasteiger partial charge in [0.2, 0.25) is 5.95 Å². The Morgan fingerprint density at radius 1 is 1.28 bits per heavy atom. The van der Waals surface area contributed by atoms with Gasteiger partial charge in [-0.25, -0.2) is 9.97 Å². The number of pyridine rings is 1. The van der Waals surface area contributed by atoms with Crippen molar-refractivity contribution >= 4 is 17.1 Å². The van der Waals surface area contributed by atoms with Crippen LogP contribution in [0.15, 0.2) is 18.5 Å². The van der Waals surface area contributed by atoms with Crippen molar-refractivity contribution in [3.63, 3.8) is 0 Å². The number of anilines is 1. The van der Waals surface area contributed by atoms with Gasteiger partial charge < -0.3 is 5.73 Å². The normalized spacial score (nSPS) is 11.3. The largest absolute Gasteiger partial charge is 0.369 e. The standard InChI is InChI=1S/C12H14N6/c1-7-4-5-14-11-10(7)15-12(13)18(11)9-6-17(3)16-8(9)2/h4-6H,1-3H3,(H2,13,15). The Labute approximate surface area is 104 Å². The van der Waals surface area contributed by atoms with Crippen molar-refractivity contribution < 1.29 is 0 Å². The highest BCUT2D eigenvalue weighted by molar-refractivity contribution is 5.80. The lowest BCUT2D eigenvalue weighted by molar-refractivity contribution is 0.756. The summed E-state index contributed by atoms with van der Waals surface area (Å²) in [6.07, 6.45) is 3.68. The Morgan fingerprint density at radius 2 is 2.06 bits per heavy atom. The Balaban J connectivity index is 2.39. The van der Waals surface area contributed by atoms with Gasteiger partial charge in [0.25, 0.3) is 0 Å². The molecule has 0 aromatic carbocycles. The van der Waals surface area contributed by atoms with Crippen LogP contribution in [0, 0.1) is 13.8 Å². The van der Waals surface area contributed by atoms with Crippen LogP contribution < -0.4 is 5.73 Å². The number of aryl methyl sites for hydroxylation is 3. The average molecular weight is 242 g/mol. The molecule has 18 heavy (non-hydrogen) atoms. The van der Waals surface area contributed by atoms with E-state index < -0.39 is 0 Å². The van der Waals surface area contributed by atoms with Gasteiger partial charge in [0, 0.05) is 19.4 Å². The molecule has 0 aliphatic carbocycles. The molecule has 0 saturated carbocycles. The predicted molar refractivity (Wildman–Crippen MR) is 69.5 cm³/mol. The molecule has 3 aromatic rings. The van der Waals surface area contributed by atoms with E-state index in [2.05, 4.69) is 15.1 Å². The molecule has 0 unspecified atom stereocenters. The molecule has 0 saturated heterocycles. The van der Waals surface area contributed by atoms with E-state index in [1.54, 1.807) is 10.9 Å². The van der Waals surface area contributed by atoms with Crippen LogP contribution in [0.1, 0.15) is 11.3 Å². The summed E-state index contributed by atoms with van der Waals surface area (Å²) >= 11 is 0. The van der Waals surface area contributed by atoms with Crippen molar-refractivity contribution in [1.29, 1.82) is 0 Å². The smallest absolute Gasteiger partial charge is 0.207 e. The van der Waals surface area contributed by atoms with Gasteiger partial charge in [0.05, 0.1) is 11.4 Å². The zero-order valence-corrected chi connectivity index (χ0v) is 10.5. The minimum atomic E-state index is 0.433. The molecule has 0 spiro atoms. The highest BCUT2D eigenvalue weighted by Crippen LogP contribution is 2.24. The van der Waals surface area contributed by atoms with Crippen LogP contribution in [0.2, 0.25) is 0 Å². The van der Waals surface area contributed by atoms with Crippen LogP contribution in [0.3, 0.4) is 0 Å². The number of nitrogens with zero attached hydrogens (tertiary/aromatic N) is 5. The van der Waals surface area contributed by atoms with Gasteiger partial charge in [0.15, 0.2) is 5.65 Å². The van der Waals surface area contributed by atoms with Gasteiger partial charge >= 0.3 is 0 Å². The molecule has 3 heterocycles. The molecule has 2 N–H and O–H groups in total. The van der Waals surface area contributed by atoms with Crippen LogP contribution in [0.4, 0.5) is 5.95 Å². The van der Waals surface area contributed by atoms with E-state index in [0.29, 0.717) is 5.95 Å². The third-order valence-electron chi connectivity index (χ3n) is 3.00. The van der Waals surface area contributed by atoms with E-state index in [-0.39, 0.29) is 0 Å². The Bertz CT molecular complexity index is 736. The Morgan fingerprint density at radius 3 is 2.72 bits per heavy atom. The van der Waals surface area contributed by atoms with Gasteiger partial charge in [-0.15, -0.1) is 0 Å². The summed E-state index contributed by atoms with van der Waals surface area (Å²) in [5, 5.41) is 4.32. The zero-order valence-electron chi connectivity index (χ0n) is 10.5. The van der Waals surface area contributed by atoms with Gasteiger partial charge in [-0.05, 0) is 25.5 Å². The summed E-state index contributed by atoms with van der Waals surface area (Å²) in [5.41, 5.74) is 10.5. The summed E-state index contributed by atoms with van der Waals surface area (Å²) in [7, 11) is 1.88. The zero-order chi connectivity index (χ0) is 12.9. The van der Waals surface area contributed by atoms with E-state index in [9.17, 15) is 0 Å². The van der Waals surface area contributed by atoms with Gasteiger partial charge in [-0.3, -0.25) is 9.25 Å². The van der Waals surface area contributed by atoms with Gasteiger partial charge in [-0.1, -0.05) is 0 Å². The lowest BCUT2D eigenvalue weighted by Gasteiger charge is -2.03. The Kier molecular flexibility index (Phi) is 2.13. The molecule has 6 nitrogen and oxygen atoms in total. The molecular formula is C12H14N6. The number of aromatic nitrogens is 5. The lowest BCUT2D eigenvalue weighted by atomic mass is 10.3. The highest BCUT2D eigenvalue weighted by Gasteiger charge is 2.15. The van der Waals surface area contributed by atoms with Crippen LogP contribution in [0.25, 0.3) is 16.9 Å². The first kappa shape index (κ1) is 10.8. The highest BCUT2D eigenvalue weighted by atomic mass is 15.3. The molecule has 0 fully saturated rings. The minimum Gasteiger partial charge on any atom is -0.369 e. The maximum atomic E-state index is 6.01. The fourth-order valence-electron chi connectivity index (χ4n) is 2.16. The number of rotatable bonds is 1. The summed E-state index contributed by atoms with van der Waals surface area (Å²) in [4.78, 5) is 8.75. The second-order valence-corrected chi connectivity index (χ2v) is 4.38. The fourth-order valence-corrected chi connectivity index (χ4v) is 2.16. The predicted octanol–water partition coefficient (Wildman–Crippen LogP) is 1.35. The number of imidazole rings is 1. The lowest BCUT2D eigenvalue weighted by Crippen LogP contribution is -2.01. The van der Waals surface area contributed by atoms with Crippen molar-refractivity contribution in [3.8, 4) is 5.69 Å². The summed E-state index contributed by atoms with van der Waals surface area (Å²) in [6, 6.07) is 1.93. The fraction of sp³-hybridized carbons (Fsp3) is 0.250. The first-order valence-electron chi connectivity index (χ1n) is 5.68. The first-order valence-corrected chi connectivity index (χ1v) is 5.68. The van der Waals surface area contributed by atoms with Crippen LogP contribution in [-0.2, 0) is 7.05 Å². The van der Waals surface area contributed by atoms with Crippen molar-refractivity contribution in [2.75, 3.05) is 5.73 Å². The Hall–Kier alpha value is -2.37. The van der Waals surface area contributed by atoms with E-state index in [1.807, 2.05) is 37.7 Å². The second kappa shape index (κ2) is 3.56. The van der Waals surface area contributed by atoms with Crippen molar-refractivity contribution in [2.45, 2.75) is 13.8 Å². The summed E-state index contributed by atoms with van der Waals surface area (Å²) in [6.45, 7) is 3.94. The molecule has 0 amide bonds.